The van der Waals surface area contributed by atoms with E-state index in [2.05, 4.69) is 0 Å². The van der Waals surface area contributed by atoms with Crippen LogP contribution < -0.4 is 0 Å². The van der Waals surface area contributed by atoms with Crippen molar-refractivity contribution in [1.82, 2.24) is 0 Å². The summed E-state index contributed by atoms with van der Waals surface area (Å²) >= 11 is 0. The normalized spacial score (nSPS) is 9.40. The van der Waals surface area contributed by atoms with Crippen molar-refractivity contribution < 1.29 is 76.9 Å². The van der Waals surface area contributed by atoms with Gasteiger partial charge in [-0.1, -0.05) is 0 Å². The van der Waals surface area contributed by atoms with E-state index in [9.17, 15) is 14.4 Å². The molecule has 0 heterocycles. The van der Waals surface area contributed by atoms with Crippen molar-refractivity contribution in [2.24, 2.45) is 0 Å². The third-order valence-corrected chi connectivity index (χ3v) is 1.29. The first-order chi connectivity index (χ1) is 5.78. The average Bonchev–Trinajstić information content (AvgIpc) is 1.82. The first kappa shape index (κ1) is 20.2. The van der Waals surface area contributed by atoms with Gasteiger partial charge in [-0.3, -0.25) is 9.59 Å². The van der Waals surface area contributed by atoms with Crippen LogP contribution in [0.3, 0.4) is 0 Å². The summed E-state index contributed by atoms with van der Waals surface area (Å²) in [5, 5.41) is 33.8. The molecule has 4 N–H and O–H groups in total. The number of aliphatic hydroxyl groups is 1. The van der Waals surface area contributed by atoms with Gasteiger partial charge in [-0.25, -0.2) is 4.79 Å². The maximum absolute atomic E-state index is 10.3. The molecule has 0 aliphatic heterocycles. The van der Waals surface area contributed by atoms with Crippen LogP contribution >= 0.6 is 0 Å². The smallest absolute Gasteiger partial charge is 0.336 e. The number of hydrogen-bond donors (Lipinski definition) is 4. The van der Waals surface area contributed by atoms with Crippen molar-refractivity contribution in [1.29, 1.82) is 0 Å². The van der Waals surface area contributed by atoms with Gasteiger partial charge in [0.25, 0.3) is 0 Å². The molecule has 0 aliphatic rings. The number of carbonyl (C=O) groups is 3. The Bertz CT molecular complexity index is 236. The fourth-order valence-corrected chi connectivity index (χ4v) is 0.714. The van der Waals surface area contributed by atoms with E-state index < -0.39 is 36.4 Å². The maximum atomic E-state index is 10.3. The molecule has 7 nitrogen and oxygen atoms in total. The average molecular weight is 384 g/mol. The van der Waals surface area contributed by atoms with Crippen LogP contribution in [0.25, 0.3) is 0 Å². The molecule has 9 heteroatoms. The van der Waals surface area contributed by atoms with Crippen molar-refractivity contribution in [3.63, 3.8) is 0 Å². The second-order valence-corrected chi connectivity index (χ2v) is 2.48. The summed E-state index contributed by atoms with van der Waals surface area (Å²) in [5.41, 5.74) is -2.74. The summed E-state index contributed by atoms with van der Waals surface area (Å²) < 4.78 is 0. The molecule has 0 saturated heterocycles. The molecule has 0 rings (SSSR count). The van der Waals surface area contributed by atoms with Gasteiger partial charge in [0.1, 0.15) is 0 Å². The van der Waals surface area contributed by atoms with E-state index in [4.69, 9.17) is 20.4 Å². The van der Waals surface area contributed by atoms with Crippen LogP contribution in [0.5, 0.6) is 0 Å². The molecule has 0 aromatic rings. The Kier molecular flexibility index (Phi) is 10.7. The van der Waals surface area contributed by atoms with Gasteiger partial charge in [0.2, 0.25) is 0 Å². The first-order valence-corrected chi connectivity index (χ1v) is 3.17. The zero-order valence-electron chi connectivity index (χ0n) is 7.24. The summed E-state index contributed by atoms with van der Waals surface area (Å²) in [6.07, 6.45) is -2.29. The molecule has 0 amide bonds. The van der Waals surface area contributed by atoms with Crippen LogP contribution in [-0.2, 0) is 56.5 Å². The number of carboxylic acid groups (broad SMARTS) is 3. The number of aliphatic carboxylic acids is 3. The SMILES string of the molecule is O=C(O)CC(O)(CC(=O)O)C(=O)O.[Mo].[Mo]. The summed E-state index contributed by atoms with van der Waals surface area (Å²) in [7, 11) is 0. The summed E-state index contributed by atoms with van der Waals surface area (Å²) in [6.45, 7) is 0. The Balaban J connectivity index is -0.000000720. The van der Waals surface area contributed by atoms with E-state index in [-0.39, 0.29) is 42.1 Å². The molecule has 0 radical (unpaired) electrons. The van der Waals surface area contributed by atoms with Crippen molar-refractivity contribution >= 4 is 17.9 Å². The van der Waals surface area contributed by atoms with Gasteiger partial charge in [-0.2, -0.15) is 0 Å². The first-order valence-electron chi connectivity index (χ1n) is 3.17. The van der Waals surface area contributed by atoms with Gasteiger partial charge in [-0.05, 0) is 0 Å². The van der Waals surface area contributed by atoms with Crippen molar-refractivity contribution in [2.45, 2.75) is 18.4 Å². The van der Waals surface area contributed by atoms with E-state index in [1.54, 1.807) is 0 Å². The molecule has 0 fully saturated rings. The zero-order valence-corrected chi connectivity index (χ0v) is 11.3. The molecule has 0 atom stereocenters. The minimum absolute atomic E-state index is 0. The van der Waals surface area contributed by atoms with Crippen molar-refractivity contribution in [3.8, 4) is 0 Å². The maximum Gasteiger partial charge on any atom is 0.336 e. The second-order valence-electron chi connectivity index (χ2n) is 2.48. The quantitative estimate of drug-likeness (QED) is 0.436. The molecule has 15 heavy (non-hydrogen) atoms. The number of hydrogen-bond acceptors (Lipinski definition) is 4. The van der Waals surface area contributed by atoms with E-state index in [0.29, 0.717) is 0 Å². The van der Waals surface area contributed by atoms with Crippen LogP contribution in [0.4, 0.5) is 0 Å². The third-order valence-electron chi connectivity index (χ3n) is 1.29. The molecular formula is C6H8Mo2O7. The Morgan fingerprint density at radius 2 is 1.13 bits per heavy atom. The van der Waals surface area contributed by atoms with Crippen molar-refractivity contribution in [2.75, 3.05) is 0 Å². The Hall–Kier alpha value is -0.253. The number of carboxylic acids is 3. The fourth-order valence-electron chi connectivity index (χ4n) is 0.714. The van der Waals surface area contributed by atoms with Crippen LogP contribution in [0, 0.1) is 0 Å². The van der Waals surface area contributed by atoms with E-state index in [0.717, 1.165) is 0 Å². The Labute approximate surface area is 113 Å². The predicted molar refractivity (Wildman–Crippen MR) is 37.1 cm³/mol. The molecule has 0 bridgehead atoms. The van der Waals surface area contributed by atoms with Crippen LogP contribution in [0.15, 0.2) is 0 Å². The van der Waals surface area contributed by atoms with Gasteiger partial charge in [-0.15, -0.1) is 0 Å². The van der Waals surface area contributed by atoms with Gasteiger partial charge in [0.05, 0.1) is 12.8 Å². The molecule has 0 saturated carbocycles. The van der Waals surface area contributed by atoms with Gasteiger partial charge >= 0.3 is 17.9 Å². The predicted octanol–water partition coefficient (Wildman–Crippen LogP) is -1.25. The fraction of sp³-hybridized carbons (Fsp3) is 0.500. The summed E-state index contributed by atoms with van der Waals surface area (Å²) in [5.74, 6) is -5.02. The molecule has 86 valence electrons. The molecular weight excluding hydrogens is 376 g/mol. The molecule has 0 aromatic heterocycles. The Morgan fingerprint density at radius 1 is 0.867 bits per heavy atom. The zero-order chi connectivity index (χ0) is 10.6. The number of rotatable bonds is 5. The molecule has 0 unspecified atom stereocenters. The summed E-state index contributed by atoms with van der Waals surface area (Å²) in [4.78, 5) is 30.5. The van der Waals surface area contributed by atoms with Gasteiger partial charge in [0, 0.05) is 42.1 Å². The molecule has 0 aromatic carbocycles. The van der Waals surface area contributed by atoms with Crippen LogP contribution in [0.2, 0.25) is 0 Å². The Morgan fingerprint density at radius 3 is 1.27 bits per heavy atom. The monoisotopic (exact) mass is 388 g/mol. The molecule has 0 aliphatic carbocycles. The van der Waals surface area contributed by atoms with Crippen LogP contribution in [0.1, 0.15) is 12.8 Å². The standard InChI is InChI=1S/C6H8O7.2Mo/c7-3(8)1-6(13,5(11)12)2-4(9)10;;/h13H,1-2H2,(H,7,8)(H,9,10)(H,11,12);;. The summed E-state index contributed by atoms with van der Waals surface area (Å²) in [6, 6.07) is 0. The largest absolute Gasteiger partial charge is 0.481 e. The van der Waals surface area contributed by atoms with E-state index in [1.807, 2.05) is 0 Å². The van der Waals surface area contributed by atoms with Gasteiger partial charge < -0.3 is 20.4 Å². The van der Waals surface area contributed by atoms with Crippen LogP contribution in [-0.4, -0.2) is 43.9 Å². The third kappa shape index (κ3) is 7.65. The molecule has 0 spiro atoms. The van der Waals surface area contributed by atoms with E-state index in [1.165, 1.54) is 0 Å². The minimum Gasteiger partial charge on any atom is -0.481 e. The topological polar surface area (TPSA) is 132 Å². The van der Waals surface area contributed by atoms with E-state index >= 15 is 0 Å². The minimum atomic E-state index is -2.74. The van der Waals surface area contributed by atoms with Gasteiger partial charge in [0.15, 0.2) is 5.60 Å². The second kappa shape index (κ2) is 7.96. The van der Waals surface area contributed by atoms with Crippen molar-refractivity contribution in [3.05, 3.63) is 0 Å².